The maximum atomic E-state index is 12.0. The Hall–Kier alpha value is -3.07. The monoisotopic (exact) mass is 327 g/mol. The van der Waals surface area contributed by atoms with Crippen LogP contribution >= 0.6 is 0 Å². The molecule has 0 fully saturated rings. The number of benzene rings is 1. The standard InChI is InChI=1S/C18H21N3O3/c1-13(2)18(23)24-10-9-20-17(22)15(12-19)11-14-5-7-16(8-6-14)21(3)4/h5-8,11H,1,9-10H2,2-4H3,(H,20,22). The minimum Gasteiger partial charge on any atom is -0.460 e. The molecule has 6 heteroatoms. The van der Waals surface area contributed by atoms with Crippen LogP contribution in [0.4, 0.5) is 5.69 Å². The number of hydrogen-bond acceptors (Lipinski definition) is 5. The first kappa shape index (κ1) is 19.0. The topological polar surface area (TPSA) is 82.4 Å². The van der Waals surface area contributed by atoms with Gasteiger partial charge in [-0.05, 0) is 30.7 Å². The third-order valence-electron chi connectivity index (χ3n) is 3.05. The Morgan fingerprint density at radius 2 is 1.96 bits per heavy atom. The molecule has 0 bridgehead atoms. The quantitative estimate of drug-likeness (QED) is 0.358. The van der Waals surface area contributed by atoms with Crippen LogP contribution in [-0.4, -0.2) is 39.1 Å². The second-order valence-corrected chi connectivity index (χ2v) is 5.33. The van der Waals surface area contributed by atoms with Crippen LogP contribution in [0.3, 0.4) is 0 Å². The number of amides is 1. The van der Waals surface area contributed by atoms with Gasteiger partial charge in [0.05, 0.1) is 6.54 Å². The highest BCUT2D eigenvalue weighted by Gasteiger charge is 2.09. The van der Waals surface area contributed by atoms with Gasteiger partial charge < -0.3 is 15.0 Å². The van der Waals surface area contributed by atoms with Crippen molar-refractivity contribution in [3.8, 4) is 6.07 Å². The number of hydrogen-bond donors (Lipinski definition) is 1. The van der Waals surface area contributed by atoms with Gasteiger partial charge in [-0.3, -0.25) is 4.79 Å². The molecule has 0 aliphatic carbocycles. The van der Waals surface area contributed by atoms with Crippen molar-refractivity contribution in [3.63, 3.8) is 0 Å². The predicted molar refractivity (Wildman–Crippen MR) is 93.1 cm³/mol. The summed E-state index contributed by atoms with van der Waals surface area (Å²) in [4.78, 5) is 25.1. The molecule has 0 atom stereocenters. The fourth-order valence-corrected chi connectivity index (χ4v) is 1.71. The molecule has 0 aromatic heterocycles. The van der Waals surface area contributed by atoms with Crippen LogP contribution in [0.5, 0.6) is 0 Å². The Morgan fingerprint density at radius 1 is 1.33 bits per heavy atom. The molecule has 0 saturated carbocycles. The summed E-state index contributed by atoms with van der Waals surface area (Å²) in [6.45, 7) is 5.14. The van der Waals surface area contributed by atoms with Gasteiger partial charge in [0.25, 0.3) is 5.91 Å². The van der Waals surface area contributed by atoms with Gasteiger partial charge in [0.2, 0.25) is 0 Å². The van der Waals surface area contributed by atoms with E-state index in [-0.39, 0.29) is 18.7 Å². The first-order valence-corrected chi connectivity index (χ1v) is 7.35. The second kappa shape index (κ2) is 9.16. The lowest BCUT2D eigenvalue weighted by Crippen LogP contribution is -2.29. The van der Waals surface area contributed by atoms with Crippen molar-refractivity contribution in [2.45, 2.75) is 6.92 Å². The van der Waals surface area contributed by atoms with E-state index in [4.69, 9.17) is 10.00 Å². The van der Waals surface area contributed by atoms with Crippen LogP contribution in [0.2, 0.25) is 0 Å². The Morgan fingerprint density at radius 3 is 2.46 bits per heavy atom. The molecule has 1 aromatic carbocycles. The van der Waals surface area contributed by atoms with Gasteiger partial charge in [-0.1, -0.05) is 18.7 Å². The summed E-state index contributed by atoms with van der Waals surface area (Å²) in [5.41, 5.74) is 2.05. The van der Waals surface area contributed by atoms with Crippen molar-refractivity contribution in [2.24, 2.45) is 0 Å². The van der Waals surface area contributed by atoms with E-state index < -0.39 is 11.9 Å². The van der Waals surface area contributed by atoms with E-state index in [9.17, 15) is 9.59 Å². The molecular weight excluding hydrogens is 306 g/mol. The van der Waals surface area contributed by atoms with Crippen molar-refractivity contribution in [3.05, 3.63) is 47.6 Å². The molecule has 1 aromatic rings. The van der Waals surface area contributed by atoms with Crippen LogP contribution in [0.25, 0.3) is 6.08 Å². The highest BCUT2D eigenvalue weighted by Crippen LogP contribution is 2.14. The lowest BCUT2D eigenvalue weighted by molar-refractivity contribution is -0.139. The van der Waals surface area contributed by atoms with E-state index in [0.29, 0.717) is 5.57 Å². The fourth-order valence-electron chi connectivity index (χ4n) is 1.71. The number of anilines is 1. The van der Waals surface area contributed by atoms with Gasteiger partial charge in [0.15, 0.2) is 0 Å². The zero-order valence-electron chi connectivity index (χ0n) is 14.1. The van der Waals surface area contributed by atoms with Crippen molar-refractivity contribution < 1.29 is 14.3 Å². The van der Waals surface area contributed by atoms with Gasteiger partial charge in [-0.15, -0.1) is 0 Å². The number of nitriles is 1. The number of rotatable bonds is 7. The summed E-state index contributed by atoms with van der Waals surface area (Å²) in [7, 11) is 3.86. The summed E-state index contributed by atoms with van der Waals surface area (Å²) in [5, 5.41) is 11.7. The van der Waals surface area contributed by atoms with Crippen molar-refractivity contribution in [1.82, 2.24) is 5.32 Å². The summed E-state index contributed by atoms with van der Waals surface area (Å²) < 4.78 is 4.86. The second-order valence-electron chi connectivity index (χ2n) is 5.33. The molecule has 6 nitrogen and oxygen atoms in total. The van der Waals surface area contributed by atoms with E-state index in [1.807, 2.05) is 49.3 Å². The number of ether oxygens (including phenoxy) is 1. The fraction of sp³-hybridized carbons (Fsp3) is 0.278. The Labute approximate surface area is 142 Å². The van der Waals surface area contributed by atoms with Crippen LogP contribution < -0.4 is 10.2 Å². The molecule has 1 N–H and O–H groups in total. The Bertz CT molecular complexity index is 682. The molecule has 0 unspecified atom stereocenters. The van der Waals surface area contributed by atoms with E-state index in [1.54, 1.807) is 6.92 Å². The third-order valence-corrected chi connectivity index (χ3v) is 3.05. The van der Waals surface area contributed by atoms with Crippen LogP contribution in [0.15, 0.2) is 42.0 Å². The molecule has 0 spiro atoms. The third kappa shape index (κ3) is 5.97. The molecule has 24 heavy (non-hydrogen) atoms. The minimum atomic E-state index is -0.513. The van der Waals surface area contributed by atoms with Gasteiger partial charge in [-0.2, -0.15) is 5.26 Å². The number of carbonyl (C=O) groups is 2. The summed E-state index contributed by atoms with van der Waals surface area (Å²) in [5.74, 6) is -1.03. The molecule has 1 amide bonds. The average molecular weight is 327 g/mol. The first-order chi connectivity index (χ1) is 11.3. The van der Waals surface area contributed by atoms with Gasteiger partial charge in [-0.25, -0.2) is 4.79 Å². The van der Waals surface area contributed by atoms with E-state index >= 15 is 0 Å². The smallest absolute Gasteiger partial charge is 0.333 e. The average Bonchev–Trinajstić information content (AvgIpc) is 2.56. The highest BCUT2D eigenvalue weighted by atomic mass is 16.5. The number of esters is 1. The predicted octanol–water partition coefficient (Wildman–Crippen LogP) is 1.90. The summed E-state index contributed by atoms with van der Waals surface area (Å²) in [6, 6.07) is 9.33. The van der Waals surface area contributed by atoms with E-state index in [0.717, 1.165) is 11.3 Å². The van der Waals surface area contributed by atoms with Crippen LogP contribution in [-0.2, 0) is 14.3 Å². The van der Waals surface area contributed by atoms with Crippen molar-refractivity contribution in [1.29, 1.82) is 5.26 Å². The van der Waals surface area contributed by atoms with Crippen LogP contribution in [0, 0.1) is 11.3 Å². The lowest BCUT2D eigenvalue weighted by Gasteiger charge is -2.12. The molecule has 1 rings (SSSR count). The SMILES string of the molecule is C=C(C)C(=O)OCCNC(=O)C(C#N)=Cc1ccc(N(C)C)cc1. The number of nitrogens with one attached hydrogen (secondary N) is 1. The maximum Gasteiger partial charge on any atom is 0.333 e. The summed E-state index contributed by atoms with van der Waals surface area (Å²) >= 11 is 0. The Balaban J connectivity index is 2.61. The van der Waals surface area contributed by atoms with Crippen molar-refractivity contribution >= 4 is 23.6 Å². The maximum absolute atomic E-state index is 12.0. The highest BCUT2D eigenvalue weighted by molar-refractivity contribution is 6.01. The van der Waals surface area contributed by atoms with Gasteiger partial charge in [0, 0.05) is 25.4 Å². The normalized spacial score (nSPS) is 10.5. The van der Waals surface area contributed by atoms with Crippen molar-refractivity contribution in [2.75, 3.05) is 32.1 Å². The zero-order chi connectivity index (χ0) is 18.1. The lowest BCUT2D eigenvalue weighted by atomic mass is 10.1. The van der Waals surface area contributed by atoms with E-state index in [1.165, 1.54) is 6.08 Å². The molecule has 126 valence electrons. The number of nitrogens with zero attached hydrogens (tertiary/aromatic N) is 2. The minimum absolute atomic E-state index is 0.0150. The number of carbonyl (C=O) groups excluding carboxylic acids is 2. The zero-order valence-corrected chi connectivity index (χ0v) is 14.1. The molecule has 0 saturated heterocycles. The largest absolute Gasteiger partial charge is 0.460 e. The molecule has 0 aliphatic rings. The molecule has 0 heterocycles. The molecule has 0 radical (unpaired) electrons. The first-order valence-electron chi connectivity index (χ1n) is 7.35. The van der Waals surface area contributed by atoms with Crippen LogP contribution in [0.1, 0.15) is 12.5 Å². The van der Waals surface area contributed by atoms with E-state index in [2.05, 4.69) is 11.9 Å². The van der Waals surface area contributed by atoms with Gasteiger partial charge >= 0.3 is 5.97 Å². The molecule has 0 aliphatic heterocycles. The summed E-state index contributed by atoms with van der Waals surface area (Å²) in [6.07, 6.45) is 1.51. The molecular formula is C18H21N3O3. The van der Waals surface area contributed by atoms with Gasteiger partial charge in [0.1, 0.15) is 18.2 Å². The Kier molecular flexibility index (Phi) is 7.24.